The lowest BCUT2D eigenvalue weighted by Crippen LogP contribution is -2.05. The summed E-state index contributed by atoms with van der Waals surface area (Å²) in [6.45, 7) is 1.92. The number of phenols is 1. The van der Waals surface area contributed by atoms with Crippen LogP contribution in [0.1, 0.15) is 18.1 Å². The van der Waals surface area contributed by atoms with E-state index in [0.717, 1.165) is 21.2 Å². The van der Waals surface area contributed by atoms with Crippen LogP contribution in [0, 0.1) is 0 Å². The molecule has 0 aliphatic carbocycles. The summed E-state index contributed by atoms with van der Waals surface area (Å²) >= 11 is 3.41. The van der Waals surface area contributed by atoms with Crippen molar-refractivity contribution < 1.29 is 13.5 Å². The smallest absolute Gasteiger partial charge is 0.182 e. The lowest BCUT2D eigenvalue weighted by atomic mass is 10.1. The van der Waals surface area contributed by atoms with Gasteiger partial charge in [-0.2, -0.15) is 0 Å². The molecule has 0 spiro atoms. The van der Waals surface area contributed by atoms with Gasteiger partial charge in [-0.15, -0.1) is 0 Å². The summed E-state index contributed by atoms with van der Waals surface area (Å²) in [7, 11) is -3.45. The Hall–Kier alpha value is -2.11. The summed E-state index contributed by atoms with van der Waals surface area (Å²) in [5.74, 6) is 0.116. The number of aromatic hydroxyl groups is 1. The maximum atomic E-state index is 12.7. The molecular formula is C21H19BrO3S. The van der Waals surface area contributed by atoms with Crippen molar-refractivity contribution in [2.75, 3.05) is 0 Å². The molecule has 0 atom stereocenters. The number of hydrogen-bond acceptors (Lipinski definition) is 3. The Morgan fingerprint density at radius 2 is 1.46 bits per heavy atom. The molecule has 3 aromatic carbocycles. The van der Waals surface area contributed by atoms with Gasteiger partial charge in [-0.25, -0.2) is 8.42 Å². The number of hydrogen-bond donors (Lipinski definition) is 1. The minimum Gasteiger partial charge on any atom is -0.508 e. The predicted octanol–water partition coefficient (Wildman–Crippen LogP) is 5.36. The van der Waals surface area contributed by atoms with Crippen LogP contribution in [0.15, 0.2) is 76.1 Å². The second kappa shape index (κ2) is 7.64. The summed E-state index contributed by atoms with van der Waals surface area (Å²) in [5.41, 5.74) is 3.43. The maximum Gasteiger partial charge on any atom is 0.182 e. The van der Waals surface area contributed by atoms with Gasteiger partial charge in [0.1, 0.15) is 5.75 Å². The highest BCUT2D eigenvalue weighted by atomic mass is 79.9. The Morgan fingerprint density at radius 3 is 2.04 bits per heavy atom. The van der Waals surface area contributed by atoms with Crippen LogP contribution >= 0.6 is 15.9 Å². The average Bonchev–Trinajstić information content (AvgIpc) is 2.64. The maximum absolute atomic E-state index is 12.7. The van der Waals surface area contributed by atoms with Crippen LogP contribution in [-0.4, -0.2) is 13.5 Å². The zero-order chi connectivity index (χ0) is 18.7. The van der Waals surface area contributed by atoms with Gasteiger partial charge in [0, 0.05) is 4.47 Å². The molecule has 0 fully saturated rings. The number of sulfone groups is 1. The highest BCUT2D eigenvalue weighted by Gasteiger charge is 2.16. The van der Waals surface area contributed by atoms with E-state index in [2.05, 4.69) is 15.9 Å². The van der Waals surface area contributed by atoms with Gasteiger partial charge in [0.15, 0.2) is 9.84 Å². The first-order valence-electron chi connectivity index (χ1n) is 8.28. The molecular weight excluding hydrogens is 412 g/mol. The van der Waals surface area contributed by atoms with Crippen LogP contribution in [0.5, 0.6) is 5.75 Å². The van der Waals surface area contributed by atoms with Crippen LogP contribution in [0.2, 0.25) is 0 Å². The van der Waals surface area contributed by atoms with E-state index in [0.29, 0.717) is 16.9 Å². The number of aryl methyl sites for hydroxylation is 1. The van der Waals surface area contributed by atoms with Gasteiger partial charge in [-0.1, -0.05) is 59.3 Å². The molecule has 0 bridgehead atoms. The van der Waals surface area contributed by atoms with Gasteiger partial charge in [0.25, 0.3) is 0 Å². The Balaban J connectivity index is 1.84. The van der Waals surface area contributed by atoms with E-state index in [1.807, 2.05) is 43.3 Å². The standard InChI is InChI=1S/C21H19BrO3S/c1-2-16-13-15(3-12-21(16)23)14-26(24,25)20-10-6-18(7-11-20)17-4-8-19(22)9-5-17/h3-13,23H,2,14H2,1H3. The molecule has 0 aromatic heterocycles. The summed E-state index contributed by atoms with van der Waals surface area (Å²) < 4.78 is 26.4. The normalized spacial score (nSPS) is 11.5. The van der Waals surface area contributed by atoms with Gasteiger partial charge in [0.05, 0.1) is 10.6 Å². The Labute approximate surface area is 162 Å². The summed E-state index contributed by atoms with van der Waals surface area (Å²) in [6, 6.07) is 19.8. The highest BCUT2D eigenvalue weighted by Crippen LogP contribution is 2.26. The largest absolute Gasteiger partial charge is 0.508 e. The predicted molar refractivity (Wildman–Crippen MR) is 108 cm³/mol. The molecule has 0 aliphatic heterocycles. The molecule has 5 heteroatoms. The second-order valence-electron chi connectivity index (χ2n) is 6.11. The first kappa shape index (κ1) is 18.7. The summed E-state index contributed by atoms with van der Waals surface area (Å²) in [6.07, 6.45) is 0.654. The molecule has 0 saturated carbocycles. The molecule has 3 nitrogen and oxygen atoms in total. The molecule has 0 amide bonds. The molecule has 3 rings (SSSR count). The molecule has 0 radical (unpaired) electrons. The van der Waals surface area contributed by atoms with Crippen LogP contribution in [0.3, 0.4) is 0 Å². The van der Waals surface area contributed by atoms with E-state index in [9.17, 15) is 13.5 Å². The van der Waals surface area contributed by atoms with E-state index in [4.69, 9.17) is 0 Å². The van der Waals surface area contributed by atoms with Crippen LogP contribution in [0.4, 0.5) is 0 Å². The highest BCUT2D eigenvalue weighted by molar-refractivity contribution is 9.10. The van der Waals surface area contributed by atoms with Gasteiger partial charge < -0.3 is 5.11 Å². The van der Waals surface area contributed by atoms with Crippen LogP contribution < -0.4 is 0 Å². The Bertz CT molecular complexity index is 1010. The van der Waals surface area contributed by atoms with Gasteiger partial charge in [-0.05, 0) is 59.0 Å². The Kier molecular flexibility index (Phi) is 5.49. The topological polar surface area (TPSA) is 54.4 Å². The van der Waals surface area contributed by atoms with Crippen molar-refractivity contribution in [3.05, 3.63) is 82.3 Å². The fourth-order valence-corrected chi connectivity index (χ4v) is 4.41. The Morgan fingerprint density at radius 1 is 0.885 bits per heavy atom. The fourth-order valence-electron chi connectivity index (χ4n) is 2.81. The third-order valence-corrected chi connectivity index (χ3v) is 6.50. The van der Waals surface area contributed by atoms with Crippen molar-refractivity contribution in [2.45, 2.75) is 24.0 Å². The van der Waals surface area contributed by atoms with Gasteiger partial charge in [-0.3, -0.25) is 0 Å². The monoisotopic (exact) mass is 430 g/mol. The van der Waals surface area contributed by atoms with E-state index in [1.54, 1.807) is 30.3 Å². The lowest BCUT2D eigenvalue weighted by molar-refractivity contribution is 0.468. The zero-order valence-corrected chi connectivity index (χ0v) is 16.7. The molecule has 1 N–H and O–H groups in total. The van der Waals surface area contributed by atoms with E-state index < -0.39 is 9.84 Å². The number of halogens is 1. The van der Waals surface area contributed by atoms with Crippen LogP contribution in [0.25, 0.3) is 11.1 Å². The molecule has 0 heterocycles. The quantitative estimate of drug-likeness (QED) is 0.592. The third kappa shape index (κ3) is 4.17. The minimum atomic E-state index is -3.45. The van der Waals surface area contributed by atoms with Crippen molar-refractivity contribution >= 4 is 25.8 Å². The van der Waals surface area contributed by atoms with Crippen molar-refractivity contribution in [2.24, 2.45) is 0 Å². The first-order valence-corrected chi connectivity index (χ1v) is 10.7. The molecule has 134 valence electrons. The SMILES string of the molecule is CCc1cc(CS(=O)(=O)c2ccc(-c3ccc(Br)cc3)cc2)ccc1O. The average molecular weight is 431 g/mol. The fraction of sp³-hybridized carbons (Fsp3) is 0.143. The number of phenolic OH excluding ortho intramolecular Hbond substituents is 1. The zero-order valence-electron chi connectivity index (χ0n) is 14.3. The van der Waals surface area contributed by atoms with E-state index >= 15 is 0 Å². The molecule has 26 heavy (non-hydrogen) atoms. The molecule has 3 aromatic rings. The van der Waals surface area contributed by atoms with E-state index in [-0.39, 0.29) is 11.5 Å². The first-order chi connectivity index (χ1) is 12.4. The minimum absolute atomic E-state index is 0.0854. The lowest BCUT2D eigenvalue weighted by Gasteiger charge is -2.09. The van der Waals surface area contributed by atoms with Gasteiger partial charge >= 0.3 is 0 Å². The van der Waals surface area contributed by atoms with Gasteiger partial charge in [0.2, 0.25) is 0 Å². The summed E-state index contributed by atoms with van der Waals surface area (Å²) in [4.78, 5) is 0.296. The van der Waals surface area contributed by atoms with Crippen molar-refractivity contribution in [3.8, 4) is 16.9 Å². The number of benzene rings is 3. The third-order valence-electron chi connectivity index (χ3n) is 4.27. The van der Waals surface area contributed by atoms with Crippen molar-refractivity contribution in [1.82, 2.24) is 0 Å². The van der Waals surface area contributed by atoms with Crippen LogP contribution in [-0.2, 0) is 22.0 Å². The van der Waals surface area contributed by atoms with Crippen molar-refractivity contribution in [3.63, 3.8) is 0 Å². The van der Waals surface area contributed by atoms with Crippen molar-refractivity contribution in [1.29, 1.82) is 0 Å². The molecule has 0 aliphatic rings. The summed E-state index contributed by atoms with van der Waals surface area (Å²) in [5, 5.41) is 9.75. The van der Waals surface area contributed by atoms with E-state index in [1.165, 1.54) is 0 Å². The molecule has 0 unspecified atom stereocenters. The second-order valence-corrected chi connectivity index (χ2v) is 9.01. The number of rotatable bonds is 5. The molecule has 0 saturated heterocycles.